The van der Waals surface area contributed by atoms with Crippen LogP contribution in [0.5, 0.6) is 0 Å². The van der Waals surface area contributed by atoms with Crippen molar-refractivity contribution in [3.05, 3.63) is 28.8 Å². The van der Waals surface area contributed by atoms with Gasteiger partial charge in [0.05, 0.1) is 17.9 Å². The summed E-state index contributed by atoms with van der Waals surface area (Å²) in [5, 5.41) is 3.62. The molecule has 2 N–H and O–H groups in total. The molecule has 21 heavy (non-hydrogen) atoms. The second-order valence-corrected chi connectivity index (χ2v) is 7.51. The fourth-order valence-corrected chi connectivity index (χ4v) is 3.46. The Hall–Kier alpha value is -1.69. The number of nitrogens with zero attached hydrogens (tertiary/aromatic N) is 2. The van der Waals surface area contributed by atoms with Gasteiger partial charge in [-0.25, -0.2) is 9.97 Å². The number of amides is 1. The molecule has 0 spiro atoms. The highest BCUT2D eigenvalue weighted by Crippen LogP contribution is 2.33. The minimum Gasteiger partial charge on any atom is -0.348 e. The van der Waals surface area contributed by atoms with Gasteiger partial charge in [-0.1, -0.05) is 20.8 Å². The average Bonchev–Trinajstić information content (AvgIpc) is 3.05. The van der Waals surface area contributed by atoms with Crippen LogP contribution in [0.4, 0.5) is 5.13 Å². The molecule has 112 valence electrons. The van der Waals surface area contributed by atoms with E-state index in [0.29, 0.717) is 5.13 Å². The topological polar surface area (TPSA) is 70.7 Å². The van der Waals surface area contributed by atoms with E-state index in [2.05, 4.69) is 41.0 Å². The number of carbonyl (C=O) groups is 1. The van der Waals surface area contributed by atoms with Crippen LogP contribution in [0.1, 0.15) is 55.8 Å². The van der Waals surface area contributed by atoms with Gasteiger partial charge in [0, 0.05) is 16.8 Å². The van der Waals surface area contributed by atoms with Crippen LogP contribution in [0, 0.1) is 0 Å². The summed E-state index contributed by atoms with van der Waals surface area (Å²) < 4.78 is 0. The number of aromatic nitrogens is 3. The number of hydrogen-bond acceptors (Lipinski definition) is 4. The molecular weight excluding hydrogens is 284 g/mol. The van der Waals surface area contributed by atoms with E-state index in [4.69, 9.17) is 0 Å². The molecule has 0 fully saturated rings. The van der Waals surface area contributed by atoms with Crippen LogP contribution in [-0.2, 0) is 16.6 Å². The molecule has 1 unspecified atom stereocenters. The van der Waals surface area contributed by atoms with Crippen molar-refractivity contribution >= 4 is 22.4 Å². The van der Waals surface area contributed by atoms with Gasteiger partial charge >= 0.3 is 0 Å². The molecule has 1 amide bonds. The molecular formula is C15H20N4OS. The molecule has 0 radical (unpaired) electrons. The Morgan fingerprint density at radius 1 is 1.43 bits per heavy atom. The number of aromatic amines is 1. The number of anilines is 1. The quantitative estimate of drug-likeness (QED) is 0.895. The van der Waals surface area contributed by atoms with Crippen LogP contribution >= 0.6 is 11.3 Å². The second-order valence-electron chi connectivity index (χ2n) is 6.48. The second kappa shape index (κ2) is 5.26. The number of imidazole rings is 1. The van der Waals surface area contributed by atoms with E-state index < -0.39 is 0 Å². The molecule has 6 heteroatoms. The van der Waals surface area contributed by atoms with Gasteiger partial charge in [0.25, 0.3) is 0 Å². The monoisotopic (exact) mass is 304 g/mol. The Kier molecular flexibility index (Phi) is 3.57. The van der Waals surface area contributed by atoms with Gasteiger partial charge in [-0.15, -0.1) is 11.3 Å². The molecule has 0 aromatic carbocycles. The van der Waals surface area contributed by atoms with Crippen LogP contribution in [-0.4, -0.2) is 20.9 Å². The van der Waals surface area contributed by atoms with Crippen LogP contribution in [0.3, 0.4) is 0 Å². The third-order valence-corrected chi connectivity index (χ3v) is 5.13. The summed E-state index contributed by atoms with van der Waals surface area (Å²) in [7, 11) is 0. The third kappa shape index (κ3) is 2.85. The van der Waals surface area contributed by atoms with Crippen LogP contribution in [0.15, 0.2) is 12.5 Å². The highest BCUT2D eigenvalue weighted by molar-refractivity contribution is 7.15. The molecule has 1 atom stereocenters. The van der Waals surface area contributed by atoms with Gasteiger partial charge in [-0.2, -0.15) is 0 Å². The average molecular weight is 304 g/mol. The van der Waals surface area contributed by atoms with E-state index in [1.807, 2.05) is 6.20 Å². The zero-order valence-corrected chi connectivity index (χ0v) is 13.4. The van der Waals surface area contributed by atoms with E-state index in [1.165, 1.54) is 4.88 Å². The Bertz CT molecular complexity index is 653. The molecule has 2 aromatic heterocycles. The number of H-pyrrole nitrogens is 1. The smallest absolute Gasteiger partial charge is 0.235 e. The highest BCUT2D eigenvalue weighted by Gasteiger charge is 2.29. The zero-order chi connectivity index (χ0) is 15.0. The molecule has 5 nitrogen and oxygen atoms in total. The Labute approximate surface area is 128 Å². The largest absolute Gasteiger partial charge is 0.348 e. The van der Waals surface area contributed by atoms with Gasteiger partial charge in [-0.05, 0) is 24.7 Å². The van der Waals surface area contributed by atoms with E-state index in [-0.39, 0.29) is 17.2 Å². The van der Waals surface area contributed by atoms with Gasteiger partial charge in [0.2, 0.25) is 5.91 Å². The lowest BCUT2D eigenvalue weighted by Gasteiger charge is -2.19. The zero-order valence-electron chi connectivity index (χ0n) is 12.6. The molecule has 3 rings (SSSR count). The predicted octanol–water partition coefficient (Wildman–Crippen LogP) is 3.22. The number of rotatable bonds is 2. The lowest BCUT2D eigenvalue weighted by molar-refractivity contribution is -0.118. The summed E-state index contributed by atoms with van der Waals surface area (Å²) >= 11 is 1.54. The van der Waals surface area contributed by atoms with Crippen LogP contribution in [0.25, 0.3) is 0 Å². The maximum absolute atomic E-state index is 12.5. The van der Waals surface area contributed by atoms with Crippen molar-refractivity contribution in [2.45, 2.75) is 51.4 Å². The summed E-state index contributed by atoms with van der Waals surface area (Å²) in [6.45, 7) is 6.43. The Morgan fingerprint density at radius 3 is 2.95 bits per heavy atom. The van der Waals surface area contributed by atoms with Crippen molar-refractivity contribution in [1.82, 2.24) is 15.0 Å². The molecule has 2 heterocycles. The number of hydrogen-bond donors (Lipinski definition) is 2. The molecule has 2 aromatic rings. The van der Waals surface area contributed by atoms with Crippen molar-refractivity contribution in [3.63, 3.8) is 0 Å². The molecule has 0 bridgehead atoms. The molecule has 0 saturated carbocycles. The number of carbonyl (C=O) groups excluding carboxylic acids is 1. The minimum absolute atomic E-state index is 0.00198. The maximum Gasteiger partial charge on any atom is 0.235 e. The Balaban J connectivity index is 1.75. The maximum atomic E-state index is 12.5. The summed E-state index contributed by atoms with van der Waals surface area (Å²) in [5.74, 6) is -0.167. The van der Waals surface area contributed by atoms with E-state index >= 15 is 0 Å². The third-order valence-electron chi connectivity index (χ3n) is 3.79. The molecule has 0 aliphatic heterocycles. The normalized spacial score (nSPS) is 18.3. The van der Waals surface area contributed by atoms with E-state index in [0.717, 1.165) is 30.7 Å². The molecule has 1 aliphatic carbocycles. The first-order chi connectivity index (χ1) is 9.95. The Morgan fingerprint density at radius 2 is 2.24 bits per heavy atom. The highest BCUT2D eigenvalue weighted by atomic mass is 32.1. The van der Waals surface area contributed by atoms with Crippen molar-refractivity contribution in [2.75, 3.05) is 5.32 Å². The van der Waals surface area contributed by atoms with E-state index in [1.54, 1.807) is 17.7 Å². The predicted molar refractivity (Wildman–Crippen MR) is 83.7 cm³/mol. The number of nitrogens with one attached hydrogen (secondary N) is 2. The fourth-order valence-electron chi connectivity index (χ4n) is 2.58. The van der Waals surface area contributed by atoms with E-state index in [9.17, 15) is 4.79 Å². The van der Waals surface area contributed by atoms with Crippen molar-refractivity contribution in [1.29, 1.82) is 0 Å². The summed E-state index contributed by atoms with van der Waals surface area (Å²) in [6.07, 6.45) is 6.36. The van der Waals surface area contributed by atoms with Crippen molar-refractivity contribution in [3.8, 4) is 0 Å². The summed E-state index contributed by atoms with van der Waals surface area (Å²) in [5.41, 5.74) is 2.04. The van der Waals surface area contributed by atoms with Crippen molar-refractivity contribution in [2.24, 2.45) is 0 Å². The standard InChI is InChI=1S/C15H20N4OS/c1-15(2,3)11-7-16-14(21-11)19-13(20)9-5-4-6-10-12(9)18-8-17-10/h7-9H,4-6H2,1-3H3,(H,17,18)(H,16,19,20). The van der Waals surface area contributed by atoms with Gasteiger partial charge in [-0.3, -0.25) is 4.79 Å². The number of aryl methyl sites for hydroxylation is 1. The lowest BCUT2D eigenvalue weighted by atomic mass is 9.89. The SMILES string of the molecule is CC(C)(C)c1cnc(NC(=O)C2CCCc3[nH]cnc32)s1. The molecule has 0 saturated heterocycles. The van der Waals surface area contributed by atoms with Gasteiger partial charge in [0.1, 0.15) is 0 Å². The summed E-state index contributed by atoms with van der Waals surface area (Å²) in [6, 6.07) is 0. The first-order valence-corrected chi connectivity index (χ1v) is 8.06. The first kappa shape index (κ1) is 14.3. The van der Waals surface area contributed by atoms with Gasteiger partial charge < -0.3 is 10.3 Å². The minimum atomic E-state index is -0.165. The first-order valence-electron chi connectivity index (χ1n) is 7.24. The number of fused-ring (bicyclic) bond motifs is 1. The number of thiazole rings is 1. The summed E-state index contributed by atoms with van der Waals surface area (Å²) in [4.78, 5) is 25.4. The molecule has 1 aliphatic rings. The van der Waals surface area contributed by atoms with Crippen molar-refractivity contribution < 1.29 is 4.79 Å². The van der Waals surface area contributed by atoms with Gasteiger partial charge in [0.15, 0.2) is 5.13 Å². The fraction of sp³-hybridized carbons (Fsp3) is 0.533. The van der Waals surface area contributed by atoms with Crippen LogP contribution < -0.4 is 5.32 Å². The lowest BCUT2D eigenvalue weighted by Crippen LogP contribution is -2.24. The van der Waals surface area contributed by atoms with Crippen LogP contribution in [0.2, 0.25) is 0 Å².